The zero-order valence-corrected chi connectivity index (χ0v) is 12.2. The monoisotopic (exact) mass is 303 g/mol. The summed E-state index contributed by atoms with van der Waals surface area (Å²) in [6, 6.07) is 17.2. The molecular weight excluding hydrogens is 286 g/mol. The van der Waals surface area contributed by atoms with E-state index in [-0.39, 0.29) is 6.04 Å². The smallest absolute Gasteiger partial charge is 0.0175 e. The van der Waals surface area contributed by atoms with Crippen molar-refractivity contribution >= 4 is 15.9 Å². The lowest BCUT2D eigenvalue weighted by Crippen LogP contribution is -2.25. The molecule has 0 bridgehead atoms. The fraction of sp³-hybridized carbons (Fsp3) is 0.250. The Labute approximate surface area is 117 Å². The van der Waals surface area contributed by atoms with Crippen LogP contribution in [0, 0.1) is 6.92 Å². The molecule has 0 aliphatic heterocycles. The molecule has 0 spiro atoms. The zero-order chi connectivity index (χ0) is 13.0. The first kappa shape index (κ1) is 13.3. The van der Waals surface area contributed by atoms with E-state index in [0.29, 0.717) is 0 Å². The van der Waals surface area contributed by atoms with Gasteiger partial charge in [-0.25, -0.2) is 0 Å². The van der Waals surface area contributed by atoms with Gasteiger partial charge in [0.05, 0.1) is 0 Å². The summed E-state index contributed by atoms with van der Waals surface area (Å²) in [5, 5.41) is 0. The molecule has 0 saturated carbocycles. The lowest BCUT2D eigenvalue weighted by molar-refractivity contribution is 0.665. The van der Waals surface area contributed by atoms with Gasteiger partial charge in [0.2, 0.25) is 0 Å². The number of rotatable bonds is 4. The minimum atomic E-state index is 0.175. The first-order valence-corrected chi connectivity index (χ1v) is 6.98. The van der Waals surface area contributed by atoms with Gasteiger partial charge in [-0.3, -0.25) is 0 Å². The van der Waals surface area contributed by atoms with Gasteiger partial charge in [-0.15, -0.1) is 0 Å². The molecule has 0 fully saturated rings. The summed E-state index contributed by atoms with van der Waals surface area (Å²) >= 11 is 3.44. The van der Waals surface area contributed by atoms with Crippen molar-refractivity contribution in [1.29, 1.82) is 0 Å². The number of nitrogens with two attached hydrogens (primary N) is 1. The van der Waals surface area contributed by atoms with Crippen LogP contribution in [0.3, 0.4) is 0 Å². The Balaban J connectivity index is 1.94. The lowest BCUT2D eigenvalue weighted by atomic mass is 9.99. The van der Waals surface area contributed by atoms with Gasteiger partial charge in [-0.05, 0) is 43.0 Å². The summed E-state index contributed by atoms with van der Waals surface area (Å²) in [5.74, 6) is 0. The third-order valence-electron chi connectivity index (χ3n) is 3.03. The summed E-state index contributed by atoms with van der Waals surface area (Å²) in [6.07, 6.45) is 1.84. The Hall–Kier alpha value is -1.12. The second kappa shape index (κ2) is 6.17. The van der Waals surface area contributed by atoms with E-state index in [9.17, 15) is 0 Å². The number of hydrogen-bond acceptors (Lipinski definition) is 1. The van der Waals surface area contributed by atoms with Gasteiger partial charge in [-0.1, -0.05) is 57.9 Å². The van der Waals surface area contributed by atoms with Crippen molar-refractivity contribution in [2.24, 2.45) is 5.73 Å². The third-order valence-corrected chi connectivity index (χ3v) is 3.56. The summed E-state index contributed by atoms with van der Waals surface area (Å²) in [4.78, 5) is 0. The van der Waals surface area contributed by atoms with E-state index < -0.39 is 0 Å². The van der Waals surface area contributed by atoms with E-state index in [1.165, 1.54) is 16.7 Å². The van der Waals surface area contributed by atoms with Crippen molar-refractivity contribution in [1.82, 2.24) is 0 Å². The second-order valence-electron chi connectivity index (χ2n) is 4.78. The normalized spacial score (nSPS) is 12.4. The minimum Gasteiger partial charge on any atom is -0.327 e. The maximum Gasteiger partial charge on any atom is 0.0175 e. The van der Waals surface area contributed by atoms with E-state index >= 15 is 0 Å². The summed E-state index contributed by atoms with van der Waals surface area (Å²) < 4.78 is 1.11. The van der Waals surface area contributed by atoms with E-state index in [0.717, 1.165) is 17.3 Å². The van der Waals surface area contributed by atoms with Crippen LogP contribution in [-0.2, 0) is 12.8 Å². The largest absolute Gasteiger partial charge is 0.327 e. The Bertz CT molecular complexity index is 440. The molecule has 0 radical (unpaired) electrons. The van der Waals surface area contributed by atoms with Gasteiger partial charge < -0.3 is 5.73 Å². The molecule has 1 nitrogen and oxygen atoms in total. The molecule has 0 aromatic heterocycles. The molecule has 18 heavy (non-hydrogen) atoms. The van der Waals surface area contributed by atoms with E-state index in [4.69, 9.17) is 5.73 Å². The van der Waals surface area contributed by atoms with Crippen LogP contribution in [0.5, 0.6) is 0 Å². The van der Waals surface area contributed by atoms with Crippen molar-refractivity contribution in [3.63, 3.8) is 0 Å². The number of aryl methyl sites for hydroxylation is 1. The van der Waals surface area contributed by atoms with Crippen LogP contribution in [0.2, 0.25) is 0 Å². The average Bonchev–Trinajstić information content (AvgIpc) is 2.35. The second-order valence-corrected chi connectivity index (χ2v) is 5.70. The minimum absolute atomic E-state index is 0.175. The third kappa shape index (κ3) is 3.97. The van der Waals surface area contributed by atoms with Crippen LogP contribution in [0.4, 0.5) is 0 Å². The number of hydrogen-bond donors (Lipinski definition) is 1. The van der Waals surface area contributed by atoms with Crippen molar-refractivity contribution in [3.05, 3.63) is 69.7 Å². The zero-order valence-electron chi connectivity index (χ0n) is 10.6. The Kier molecular flexibility index (Phi) is 4.56. The van der Waals surface area contributed by atoms with E-state index in [2.05, 4.69) is 71.4 Å². The molecule has 94 valence electrons. The van der Waals surface area contributed by atoms with Crippen LogP contribution in [-0.4, -0.2) is 6.04 Å². The first-order chi connectivity index (χ1) is 8.63. The van der Waals surface area contributed by atoms with Gasteiger partial charge in [0.15, 0.2) is 0 Å². The number of halogens is 1. The molecule has 0 saturated heterocycles. The molecule has 0 heterocycles. The van der Waals surface area contributed by atoms with Crippen molar-refractivity contribution in [2.75, 3.05) is 0 Å². The molecule has 2 heteroatoms. The van der Waals surface area contributed by atoms with Crippen LogP contribution in [0.25, 0.3) is 0 Å². The predicted octanol–water partition coefficient (Wildman–Crippen LogP) is 3.87. The maximum atomic E-state index is 6.20. The Morgan fingerprint density at radius 1 is 0.889 bits per heavy atom. The molecule has 2 rings (SSSR count). The van der Waals surface area contributed by atoms with Crippen LogP contribution in [0.15, 0.2) is 53.0 Å². The molecule has 0 aliphatic rings. The summed E-state index contributed by atoms with van der Waals surface area (Å²) in [7, 11) is 0. The quantitative estimate of drug-likeness (QED) is 0.911. The predicted molar refractivity (Wildman–Crippen MR) is 80.7 cm³/mol. The van der Waals surface area contributed by atoms with Crippen molar-refractivity contribution in [2.45, 2.75) is 25.8 Å². The average molecular weight is 304 g/mol. The molecule has 0 aliphatic carbocycles. The van der Waals surface area contributed by atoms with Crippen LogP contribution in [0.1, 0.15) is 16.7 Å². The highest BCUT2D eigenvalue weighted by Crippen LogP contribution is 2.13. The Morgan fingerprint density at radius 3 is 1.83 bits per heavy atom. The summed E-state index contributed by atoms with van der Waals surface area (Å²) in [6.45, 7) is 2.10. The molecule has 1 atom stereocenters. The van der Waals surface area contributed by atoms with Gasteiger partial charge in [0.1, 0.15) is 0 Å². The molecule has 2 N–H and O–H groups in total. The van der Waals surface area contributed by atoms with Crippen molar-refractivity contribution in [3.8, 4) is 0 Å². The fourth-order valence-electron chi connectivity index (χ4n) is 2.02. The Morgan fingerprint density at radius 2 is 1.33 bits per heavy atom. The molecule has 0 amide bonds. The van der Waals surface area contributed by atoms with Crippen molar-refractivity contribution < 1.29 is 0 Å². The highest BCUT2D eigenvalue weighted by molar-refractivity contribution is 9.10. The maximum absolute atomic E-state index is 6.20. The molecule has 2 aromatic rings. The topological polar surface area (TPSA) is 26.0 Å². The van der Waals surface area contributed by atoms with Gasteiger partial charge >= 0.3 is 0 Å². The molecule has 1 unspecified atom stereocenters. The molecule has 2 aromatic carbocycles. The van der Waals surface area contributed by atoms with Gasteiger partial charge in [0, 0.05) is 10.5 Å². The first-order valence-electron chi connectivity index (χ1n) is 6.19. The fourth-order valence-corrected chi connectivity index (χ4v) is 2.29. The van der Waals surface area contributed by atoms with E-state index in [1.807, 2.05) is 0 Å². The van der Waals surface area contributed by atoms with Crippen LogP contribution < -0.4 is 5.73 Å². The number of benzene rings is 2. The van der Waals surface area contributed by atoms with E-state index in [1.54, 1.807) is 0 Å². The lowest BCUT2D eigenvalue weighted by Gasteiger charge is -2.12. The summed E-state index contributed by atoms with van der Waals surface area (Å²) in [5.41, 5.74) is 10.1. The molecular formula is C16H18BrN. The SMILES string of the molecule is Cc1ccc(CC(N)Cc2ccc(Br)cc2)cc1. The highest BCUT2D eigenvalue weighted by atomic mass is 79.9. The van der Waals surface area contributed by atoms with Gasteiger partial charge in [-0.2, -0.15) is 0 Å². The van der Waals surface area contributed by atoms with Gasteiger partial charge in [0.25, 0.3) is 0 Å². The van der Waals surface area contributed by atoms with Crippen LogP contribution >= 0.6 is 15.9 Å². The highest BCUT2D eigenvalue weighted by Gasteiger charge is 2.05. The standard InChI is InChI=1S/C16H18BrN/c1-12-2-4-13(5-3-12)10-16(18)11-14-6-8-15(17)9-7-14/h2-9,16H,10-11,18H2,1H3.